The fourth-order valence-corrected chi connectivity index (χ4v) is 3.65. The van der Waals surface area contributed by atoms with Crippen molar-refractivity contribution in [3.63, 3.8) is 0 Å². The van der Waals surface area contributed by atoms with Gasteiger partial charge in [-0.15, -0.1) is 0 Å². The maximum atomic E-state index is 13.0. The third kappa shape index (κ3) is 3.07. The van der Waals surface area contributed by atoms with Crippen LogP contribution in [0.25, 0.3) is 0 Å². The lowest BCUT2D eigenvalue weighted by molar-refractivity contribution is 0.0748. The minimum Gasteiger partial charge on any atom is -0.508 e. The summed E-state index contributed by atoms with van der Waals surface area (Å²) in [5.74, 6) is -0.508. The highest BCUT2D eigenvalue weighted by Crippen LogP contribution is 2.38. The van der Waals surface area contributed by atoms with Crippen LogP contribution in [0.3, 0.4) is 0 Å². The lowest BCUT2D eigenvalue weighted by Crippen LogP contribution is -2.26. The molecule has 0 fully saturated rings. The molecular weight excluding hydrogens is 352 g/mol. The van der Waals surface area contributed by atoms with Crippen LogP contribution in [-0.4, -0.2) is 28.1 Å². The van der Waals surface area contributed by atoms with Gasteiger partial charge >= 0.3 is 0 Å². The highest BCUT2D eigenvalue weighted by atomic mass is 35.5. The Bertz CT molecular complexity index is 888. The first-order chi connectivity index (χ1) is 12.1. The Hall–Kier alpha value is -2.40. The molecule has 5 nitrogen and oxygen atoms in total. The SMILES string of the molecule is CNc1c(Cl)ccc2c1CN(C(=O)c1cc(C(C)(C)C)c(O)cc1O)C2. The number of nitrogens with zero attached hydrogens (tertiary/aromatic N) is 1. The molecule has 1 amide bonds. The zero-order valence-electron chi connectivity index (χ0n) is 15.4. The van der Waals surface area contributed by atoms with E-state index in [2.05, 4.69) is 5.32 Å². The lowest BCUT2D eigenvalue weighted by atomic mass is 9.85. The summed E-state index contributed by atoms with van der Waals surface area (Å²) in [6.45, 7) is 6.70. The molecule has 1 aliphatic rings. The van der Waals surface area contributed by atoms with Gasteiger partial charge in [-0.1, -0.05) is 38.4 Å². The third-order valence-corrected chi connectivity index (χ3v) is 5.07. The van der Waals surface area contributed by atoms with E-state index in [0.29, 0.717) is 23.7 Å². The molecule has 2 aromatic carbocycles. The summed E-state index contributed by atoms with van der Waals surface area (Å²) in [6.07, 6.45) is 0. The Labute approximate surface area is 158 Å². The minimum atomic E-state index is -0.354. The van der Waals surface area contributed by atoms with Crippen LogP contribution >= 0.6 is 11.6 Å². The average molecular weight is 375 g/mol. The van der Waals surface area contributed by atoms with E-state index in [1.807, 2.05) is 32.9 Å². The Morgan fingerprint density at radius 2 is 1.85 bits per heavy atom. The largest absolute Gasteiger partial charge is 0.508 e. The van der Waals surface area contributed by atoms with Crippen LogP contribution in [0, 0.1) is 0 Å². The number of aromatic hydroxyl groups is 2. The van der Waals surface area contributed by atoms with Crippen molar-refractivity contribution < 1.29 is 15.0 Å². The predicted octanol–water partition coefficient (Wildman–Crippen LogP) is 4.25. The maximum absolute atomic E-state index is 13.0. The molecule has 2 aromatic rings. The van der Waals surface area contributed by atoms with Gasteiger partial charge in [0, 0.05) is 37.3 Å². The molecular formula is C20H23ClN2O3. The van der Waals surface area contributed by atoms with Gasteiger partial charge < -0.3 is 20.4 Å². The van der Waals surface area contributed by atoms with Gasteiger partial charge in [0.2, 0.25) is 0 Å². The molecule has 0 atom stereocenters. The van der Waals surface area contributed by atoms with E-state index in [-0.39, 0.29) is 28.4 Å². The monoisotopic (exact) mass is 374 g/mol. The molecule has 0 unspecified atom stereocenters. The molecule has 3 rings (SSSR count). The van der Waals surface area contributed by atoms with Gasteiger partial charge in [-0.3, -0.25) is 4.79 Å². The predicted molar refractivity (Wildman–Crippen MR) is 103 cm³/mol. The summed E-state index contributed by atoms with van der Waals surface area (Å²) in [5, 5.41) is 24.1. The summed E-state index contributed by atoms with van der Waals surface area (Å²) in [5.41, 5.74) is 3.30. The number of carbonyl (C=O) groups excluding carboxylic acids is 1. The molecule has 26 heavy (non-hydrogen) atoms. The molecule has 0 saturated carbocycles. The van der Waals surface area contributed by atoms with E-state index in [4.69, 9.17) is 11.6 Å². The molecule has 1 aliphatic heterocycles. The maximum Gasteiger partial charge on any atom is 0.258 e. The zero-order valence-corrected chi connectivity index (χ0v) is 16.1. The molecule has 0 bridgehead atoms. The first-order valence-corrected chi connectivity index (χ1v) is 8.85. The lowest BCUT2D eigenvalue weighted by Gasteiger charge is -2.23. The molecule has 0 aromatic heterocycles. The van der Waals surface area contributed by atoms with Gasteiger partial charge in [0.15, 0.2) is 0 Å². The fourth-order valence-electron chi connectivity index (χ4n) is 3.38. The van der Waals surface area contributed by atoms with Crippen molar-refractivity contribution >= 4 is 23.2 Å². The van der Waals surface area contributed by atoms with Crippen LogP contribution in [0.2, 0.25) is 5.02 Å². The minimum absolute atomic E-state index is 0.0134. The van der Waals surface area contributed by atoms with Crippen LogP contribution in [0.1, 0.15) is 47.8 Å². The van der Waals surface area contributed by atoms with E-state index in [1.165, 1.54) is 6.07 Å². The number of hydrogen-bond acceptors (Lipinski definition) is 4. The van der Waals surface area contributed by atoms with Crippen molar-refractivity contribution in [1.29, 1.82) is 0 Å². The summed E-state index contributed by atoms with van der Waals surface area (Å²) >= 11 is 6.23. The van der Waals surface area contributed by atoms with Gasteiger partial charge in [-0.2, -0.15) is 0 Å². The van der Waals surface area contributed by atoms with Gasteiger partial charge in [0.1, 0.15) is 11.5 Å². The Morgan fingerprint density at radius 1 is 1.15 bits per heavy atom. The van der Waals surface area contributed by atoms with Crippen LogP contribution in [-0.2, 0) is 18.5 Å². The van der Waals surface area contributed by atoms with Gasteiger partial charge in [0.05, 0.1) is 16.3 Å². The van der Waals surface area contributed by atoms with E-state index in [9.17, 15) is 15.0 Å². The molecule has 0 radical (unpaired) electrons. The van der Waals surface area contributed by atoms with Crippen molar-refractivity contribution in [2.75, 3.05) is 12.4 Å². The number of nitrogens with one attached hydrogen (secondary N) is 1. The van der Waals surface area contributed by atoms with Crippen LogP contribution in [0.5, 0.6) is 11.5 Å². The molecule has 138 valence electrons. The number of rotatable bonds is 2. The van der Waals surface area contributed by atoms with Gasteiger partial charge in [-0.05, 0) is 23.1 Å². The van der Waals surface area contributed by atoms with Crippen LogP contribution in [0.15, 0.2) is 24.3 Å². The summed E-state index contributed by atoms with van der Waals surface area (Å²) < 4.78 is 0. The second-order valence-corrected chi connectivity index (χ2v) is 8.01. The number of phenolic OH excluding ortho intramolecular Hbond substituents is 2. The quantitative estimate of drug-likeness (QED) is 0.734. The molecule has 1 heterocycles. The molecule has 0 spiro atoms. The van der Waals surface area contributed by atoms with Crippen LogP contribution in [0.4, 0.5) is 5.69 Å². The third-order valence-electron chi connectivity index (χ3n) is 4.76. The number of halogens is 1. The zero-order chi connectivity index (χ0) is 19.2. The fraction of sp³-hybridized carbons (Fsp3) is 0.350. The number of benzene rings is 2. The summed E-state index contributed by atoms with van der Waals surface area (Å²) in [4.78, 5) is 14.7. The van der Waals surface area contributed by atoms with Gasteiger partial charge in [0.25, 0.3) is 5.91 Å². The van der Waals surface area contributed by atoms with Crippen molar-refractivity contribution in [2.45, 2.75) is 39.3 Å². The number of fused-ring (bicyclic) bond motifs is 1. The van der Waals surface area contributed by atoms with Crippen molar-refractivity contribution in [1.82, 2.24) is 4.90 Å². The molecule has 6 heteroatoms. The van der Waals surface area contributed by atoms with E-state index >= 15 is 0 Å². The standard InChI is InChI=1S/C20H23ClN2O3/c1-20(2,3)14-7-12(16(24)8-17(14)25)19(26)23-9-11-5-6-15(21)18(22-4)13(11)10-23/h5-8,22,24-25H,9-10H2,1-4H3. The first-order valence-electron chi connectivity index (χ1n) is 8.47. The molecule has 0 aliphatic carbocycles. The topological polar surface area (TPSA) is 72.8 Å². The van der Waals surface area contributed by atoms with Crippen molar-refractivity contribution in [2.24, 2.45) is 0 Å². The van der Waals surface area contributed by atoms with Crippen LogP contribution < -0.4 is 5.32 Å². The Kier molecular flexibility index (Phi) is 4.53. The normalized spacial score (nSPS) is 13.7. The Morgan fingerprint density at radius 3 is 2.46 bits per heavy atom. The molecule has 0 saturated heterocycles. The number of amides is 1. The summed E-state index contributed by atoms with van der Waals surface area (Å²) in [7, 11) is 1.80. The Balaban J connectivity index is 1.97. The highest BCUT2D eigenvalue weighted by molar-refractivity contribution is 6.33. The first kappa shape index (κ1) is 18.4. The van der Waals surface area contributed by atoms with E-state index in [0.717, 1.165) is 16.8 Å². The second-order valence-electron chi connectivity index (χ2n) is 7.61. The second kappa shape index (κ2) is 6.40. The number of carbonyl (C=O) groups is 1. The number of anilines is 1. The van der Waals surface area contributed by atoms with E-state index < -0.39 is 0 Å². The smallest absolute Gasteiger partial charge is 0.258 e. The van der Waals surface area contributed by atoms with Crippen molar-refractivity contribution in [3.8, 4) is 11.5 Å². The highest BCUT2D eigenvalue weighted by Gasteiger charge is 2.30. The summed E-state index contributed by atoms with van der Waals surface area (Å²) in [6, 6.07) is 6.56. The van der Waals surface area contributed by atoms with Gasteiger partial charge in [-0.25, -0.2) is 0 Å². The number of hydrogen-bond donors (Lipinski definition) is 3. The van der Waals surface area contributed by atoms with E-state index in [1.54, 1.807) is 18.0 Å². The number of phenols is 2. The van der Waals surface area contributed by atoms with Crippen molar-refractivity contribution in [3.05, 3.63) is 51.5 Å². The average Bonchev–Trinajstić information content (AvgIpc) is 2.97. The molecule has 3 N–H and O–H groups in total.